The zero-order valence-corrected chi connectivity index (χ0v) is 17.9. The number of aromatic nitrogens is 3. The quantitative estimate of drug-likeness (QED) is 0.249. The number of nitrogen functional groups attached to an aromatic ring is 1. The van der Waals surface area contributed by atoms with Crippen molar-refractivity contribution in [1.29, 1.82) is 0 Å². The minimum Gasteiger partial charge on any atom is -0.290 e. The van der Waals surface area contributed by atoms with Gasteiger partial charge >= 0.3 is 0 Å². The first-order chi connectivity index (χ1) is 16.6. The topological polar surface area (TPSA) is 112 Å². The minimum atomic E-state index is -0.649. The summed E-state index contributed by atoms with van der Waals surface area (Å²) in [5.41, 5.74) is 4.07. The number of carbonyl (C=O) groups is 2. The van der Waals surface area contributed by atoms with Gasteiger partial charge in [-0.25, -0.2) is 15.1 Å². The number of pyridine rings is 1. The van der Waals surface area contributed by atoms with Crippen LogP contribution in [0.3, 0.4) is 0 Å². The second-order valence-corrected chi connectivity index (χ2v) is 7.56. The van der Waals surface area contributed by atoms with Gasteiger partial charge < -0.3 is 0 Å². The van der Waals surface area contributed by atoms with Gasteiger partial charge in [0.1, 0.15) is 5.69 Å². The van der Waals surface area contributed by atoms with E-state index < -0.39 is 17.4 Å². The number of hydrazine groups is 1. The number of amides is 1. The average Bonchev–Trinajstić information content (AvgIpc) is 3.34. The lowest BCUT2D eigenvalue weighted by Gasteiger charge is -2.13. The maximum atomic E-state index is 13.8. The highest BCUT2D eigenvalue weighted by atomic mass is 16.2. The van der Waals surface area contributed by atoms with Crippen molar-refractivity contribution in [2.45, 2.75) is 0 Å². The lowest BCUT2D eigenvalue weighted by atomic mass is 10.1. The predicted octanol–water partition coefficient (Wildman–Crippen LogP) is 3.15. The third-order valence-corrected chi connectivity index (χ3v) is 5.50. The molecule has 0 atom stereocenters. The molecule has 3 aromatic carbocycles. The predicted molar refractivity (Wildman–Crippen MR) is 129 cm³/mol. The monoisotopic (exact) mass is 449 g/mol. The molecular formula is C26H19N5O3. The molecule has 5 rings (SSSR count). The fourth-order valence-electron chi connectivity index (χ4n) is 3.92. The first-order valence-corrected chi connectivity index (χ1v) is 10.5. The van der Waals surface area contributed by atoms with Crippen LogP contribution in [-0.2, 0) is 0 Å². The lowest BCUT2D eigenvalue weighted by molar-refractivity contribution is 0.0940. The zero-order valence-electron chi connectivity index (χ0n) is 17.9. The summed E-state index contributed by atoms with van der Waals surface area (Å²) in [6.45, 7) is 0. The van der Waals surface area contributed by atoms with Crippen LogP contribution in [0.4, 0.5) is 0 Å². The summed E-state index contributed by atoms with van der Waals surface area (Å²) >= 11 is 0. The van der Waals surface area contributed by atoms with E-state index in [1.54, 1.807) is 30.3 Å². The van der Waals surface area contributed by atoms with Gasteiger partial charge in [-0.1, -0.05) is 66.7 Å². The Morgan fingerprint density at radius 1 is 0.824 bits per heavy atom. The van der Waals surface area contributed by atoms with Crippen LogP contribution < -0.4 is 16.8 Å². The molecule has 0 spiro atoms. The summed E-state index contributed by atoms with van der Waals surface area (Å²) in [6.07, 6.45) is 0. The van der Waals surface area contributed by atoms with Crippen LogP contribution in [0.25, 0.3) is 27.8 Å². The molecule has 0 aliphatic rings. The molecule has 0 radical (unpaired) electrons. The van der Waals surface area contributed by atoms with Crippen molar-refractivity contribution in [3.8, 4) is 16.9 Å². The summed E-state index contributed by atoms with van der Waals surface area (Å²) in [5.74, 6) is 4.10. The number of nitrogens with zero attached hydrogens (tertiary/aromatic N) is 3. The molecule has 8 nitrogen and oxygen atoms in total. The Hall–Kier alpha value is -4.82. The van der Waals surface area contributed by atoms with Crippen molar-refractivity contribution in [1.82, 2.24) is 19.8 Å². The van der Waals surface area contributed by atoms with Crippen LogP contribution in [0, 0.1) is 0 Å². The molecule has 0 bridgehead atoms. The number of hydrogen-bond acceptors (Lipinski definition) is 5. The molecule has 0 fully saturated rings. The molecule has 0 aliphatic carbocycles. The van der Waals surface area contributed by atoms with Crippen molar-refractivity contribution < 1.29 is 9.59 Å². The normalized spacial score (nSPS) is 10.9. The van der Waals surface area contributed by atoms with E-state index in [9.17, 15) is 14.4 Å². The Kier molecular flexibility index (Phi) is 5.33. The third kappa shape index (κ3) is 3.58. The van der Waals surface area contributed by atoms with E-state index in [2.05, 4.69) is 5.10 Å². The summed E-state index contributed by atoms with van der Waals surface area (Å²) in [5, 5.41) is 5.09. The van der Waals surface area contributed by atoms with Crippen LogP contribution in [0.5, 0.6) is 0 Å². The van der Waals surface area contributed by atoms with Crippen LogP contribution in [-0.4, -0.2) is 26.2 Å². The largest absolute Gasteiger partial charge is 0.290 e. The van der Waals surface area contributed by atoms with E-state index in [1.165, 1.54) is 4.68 Å². The molecule has 166 valence electrons. The van der Waals surface area contributed by atoms with Crippen molar-refractivity contribution in [3.63, 3.8) is 0 Å². The highest BCUT2D eigenvalue weighted by molar-refractivity contribution is 6.09. The molecule has 3 N–H and O–H groups in total. The smallest absolute Gasteiger partial charge is 0.284 e. The van der Waals surface area contributed by atoms with E-state index in [0.29, 0.717) is 22.3 Å². The minimum absolute atomic E-state index is 0.0914. The molecule has 0 saturated carbocycles. The summed E-state index contributed by atoms with van der Waals surface area (Å²) < 4.78 is 2.57. The Morgan fingerprint density at radius 2 is 1.47 bits per heavy atom. The molecule has 5 aromatic rings. The Morgan fingerprint density at radius 3 is 2.18 bits per heavy atom. The number of hydrogen-bond donors (Lipinski definition) is 2. The van der Waals surface area contributed by atoms with Crippen molar-refractivity contribution in [2.24, 2.45) is 5.84 Å². The van der Waals surface area contributed by atoms with Gasteiger partial charge in [0.25, 0.3) is 17.4 Å². The van der Waals surface area contributed by atoms with E-state index in [0.717, 1.165) is 16.2 Å². The number of rotatable bonds is 4. The fourth-order valence-corrected chi connectivity index (χ4v) is 3.92. The highest BCUT2D eigenvalue weighted by Crippen LogP contribution is 2.24. The Bertz CT molecular complexity index is 1590. The molecule has 8 heteroatoms. The number of nitrogens with one attached hydrogen (secondary N) is 1. The van der Waals surface area contributed by atoms with E-state index in [1.807, 2.05) is 66.1 Å². The van der Waals surface area contributed by atoms with Crippen molar-refractivity contribution >= 4 is 22.7 Å². The van der Waals surface area contributed by atoms with Crippen LogP contribution in [0.2, 0.25) is 0 Å². The van der Waals surface area contributed by atoms with E-state index in [-0.39, 0.29) is 11.3 Å². The standard InChI is InChI=1S/C26H19N5O3/c27-28-25(33)20-15-24(32)30(22-14-8-7-13-19(20)22)26(34)23-16-21(17-9-3-1-4-10-17)29-31(23)18-11-5-2-6-12-18/h1-16H,27H2,(H,28,33). The van der Waals surface area contributed by atoms with E-state index in [4.69, 9.17) is 5.84 Å². The number of nitrogens with two attached hydrogens (primary N) is 1. The van der Waals surface area contributed by atoms with E-state index >= 15 is 0 Å². The summed E-state index contributed by atoms with van der Waals surface area (Å²) in [4.78, 5) is 39.2. The van der Waals surface area contributed by atoms with Gasteiger partial charge in [-0.05, 0) is 24.3 Å². The number of fused-ring (bicyclic) bond motifs is 1. The molecule has 2 aromatic heterocycles. The van der Waals surface area contributed by atoms with Crippen molar-refractivity contribution in [2.75, 3.05) is 0 Å². The molecule has 0 unspecified atom stereocenters. The van der Waals surface area contributed by atoms with Gasteiger partial charge in [0, 0.05) is 17.0 Å². The molecular weight excluding hydrogens is 430 g/mol. The molecule has 1 amide bonds. The maximum Gasteiger partial charge on any atom is 0.284 e. The maximum absolute atomic E-state index is 13.8. The molecule has 0 aliphatic heterocycles. The third-order valence-electron chi connectivity index (χ3n) is 5.50. The first kappa shape index (κ1) is 21.0. The van der Waals surface area contributed by atoms with Crippen molar-refractivity contribution in [3.05, 3.63) is 119 Å². The molecule has 34 heavy (non-hydrogen) atoms. The SMILES string of the molecule is NNC(=O)c1cc(=O)n(C(=O)c2cc(-c3ccccc3)nn2-c2ccccc2)c2ccccc12. The van der Waals surface area contributed by atoms with Crippen LogP contribution in [0.15, 0.2) is 102 Å². The van der Waals surface area contributed by atoms with Gasteiger partial charge in [0.2, 0.25) is 0 Å². The van der Waals surface area contributed by atoms with Gasteiger partial charge in [-0.15, -0.1) is 0 Å². The second kappa shape index (κ2) is 8.61. The van der Waals surface area contributed by atoms with Gasteiger partial charge in [-0.3, -0.25) is 19.8 Å². The second-order valence-electron chi connectivity index (χ2n) is 7.56. The van der Waals surface area contributed by atoms with Gasteiger partial charge in [0.05, 0.1) is 22.5 Å². The van der Waals surface area contributed by atoms with Gasteiger partial charge in [-0.2, -0.15) is 5.10 Å². The lowest BCUT2D eigenvalue weighted by Crippen LogP contribution is -2.34. The van der Waals surface area contributed by atoms with Crippen LogP contribution >= 0.6 is 0 Å². The van der Waals surface area contributed by atoms with Gasteiger partial charge in [0.15, 0.2) is 0 Å². The number of benzene rings is 3. The Balaban J connectivity index is 1.75. The number of carbonyl (C=O) groups excluding carboxylic acids is 2. The zero-order chi connectivity index (χ0) is 23.7. The summed E-state index contributed by atoms with van der Waals surface area (Å²) in [6, 6.07) is 28.1. The number of para-hydroxylation sites is 2. The average molecular weight is 449 g/mol. The highest BCUT2D eigenvalue weighted by Gasteiger charge is 2.23. The molecule has 0 saturated heterocycles. The fraction of sp³-hybridized carbons (Fsp3) is 0. The molecule has 2 heterocycles. The summed E-state index contributed by atoms with van der Waals surface area (Å²) in [7, 11) is 0. The Labute approximate surface area is 193 Å². The first-order valence-electron chi connectivity index (χ1n) is 10.5. The van der Waals surface area contributed by atoms with Crippen LogP contribution in [0.1, 0.15) is 20.8 Å².